The predicted octanol–water partition coefficient (Wildman–Crippen LogP) is 3.26. The van der Waals surface area contributed by atoms with Crippen molar-refractivity contribution in [2.45, 2.75) is 45.8 Å². The molecule has 2 unspecified atom stereocenters. The number of ether oxygens (including phenoxy) is 1. The third-order valence-corrected chi connectivity index (χ3v) is 5.60. The highest BCUT2D eigenvalue weighted by atomic mass is 16.6. The van der Waals surface area contributed by atoms with Gasteiger partial charge in [0.15, 0.2) is 0 Å². The summed E-state index contributed by atoms with van der Waals surface area (Å²) in [5.41, 5.74) is 1.92. The number of nitrogens with zero attached hydrogens (tertiary/aromatic N) is 4. The van der Waals surface area contributed by atoms with Gasteiger partial charge in [-0.1, -0.05) is 11.6 Å². The fourth-order valence-electron chi connectivity index (χ4n) is 4.11. The summed E-state index contributed by atoms with van der Waals surface area (Å²) in [5, 5.41) is 4.29. The Labute approximate surface area is 171 Å². The molecule has 2 atom stereocenters. The van der Waals surface area contributed by atoms with E-state index in [1.807, 2.05) is 63.1 Å². The number of amides is 2. The second kappa shape index (κ2) is 7.21. The fourth-order valence-corrected chi connectivity index (χ4v) is 4.11. The van der Waals surface area contributed by atoms with Crippen LogP contribution in [0, 0.1) is 12.8 Å². The van der Waals surface area contributed by atoms with Crippen molar-refractivity contribution >= 4 is 12.0 Å². The van der Waals surface area contributed by atoms with Crippen molar-refractivity contribution < 1.29 is 14.3 Å². The summed E-state index contributed by atoms with van der Waals surface area (Å²) in [6.45, 7) is 9.52. The van der Waals surface area contributed by atoms with E-state index in [0.717, 1.165) is 24.2 Å². The standard InChI is InChI=1S/C22H28N4O3/c1-15-6-7-18(26-10-5-9-23-26)17(12-15)20(27)25-13-16-8-11-24(14-19(16)25)21(28)29-22(2,3)4/h5-7,9-10,12,16,19H,8,11,13-14H2,1-4H3. The molecule has 2 amide bonds. The third kappa shape index (κ3) is 3.86. The maximum Gasteiger partial charge on any atom is 0.410 e. The van der Waals surface area contributed by atoms with Crippen LogP contribution in [0.25, 0.3) is 5.69 Å². The molecular weight excluding hydrogens is 368 g/mol. The number of hydrogen-bond acceptors (Lipinski definition) is 4. The zero-order valence-corrected chi connectivity index (χ0v) is 17.5. The molecule has 2 saturated heterocycles. The van der Waals surface area contributed by atoms with Gasteiger partial charge >= 0.3 is 6.09 Å². The lowest BCUT2D eigenvalue weighted by molar-refractivity contribution is -0.0385. The van der Waals surface area contributed by atoms with Gasteiger partial charge in [-0.3, -0.25) is 4.79 Å². The van der Waals surface area contributed by atoms with Gasteiger partial charge in [0.25, 0.3) is 5.91 Å². The number of benzene rings is 1. The lowest BCUT2D eigenvalue weighted by Crippen LogP contribution is -2.66. The van der Waals surface area contributed by atoms with Crippen molar-refractivity contribution in [2.75, 3.05) is 19.6 Å². The molecule has 2 fully saturated rings. The quantitative estimate of drug-likeness (QED) is 0.781. The Morgan fingerprint density at radius 1 is 1.21 bits per heavy atom. The molecule has 1 aromatic heterocycles. The van der Waals surface area contributed by atoms with E-state index in [0.29, 0.717) is 24.6 Å². The van der Waals surface area contributed by atoms with Crippen LogP contribution in [-0.2, 0) is 4.74 Å². The summed E-state index contributed by atoms with van der Waals surface area (Å²) in [7, 11) is 0. The summed E-state index contributed by atoms with van der Waals surface area (Å²) in [5.74, 6) is 0.432. The Hall–Kier alpha value is -2.83. The molecule has 2 aliphatic heterocycles. The third-order valence-electron chi connectivity index (χ3n) is 5.60. The smallest absolute Gasteiger partial charge is 0.410 e. The zero-order chi connectivity index (χ0) is 20.8. The van der Waals surface area contributed by atoms with E-state index in [9.17, 15) is 9.59 Å². The zero-order valence-electron chi connectivity index (χ0n) is 17.5. The van der Waals surface area contributed by atoms with E-state index in [1.54, 1.807) is 15.8 Å². The van der Waals surface area contributed by atoms with Crippen molar-refractivity contribution in [3.05, 3.63) is 47.8 Å². The van der Waals surface area contributed by atoms with Crippen LogP contribution >= 0.6 is 0 Å². The topological polar surface area (TPSA) is 67.7 Å². The molecule has 7 heteroatoms. The number of likely N-dealkylation sites (tertiary alicyclic amines) is 2. The largest absolute Gasteiger partial charge is 0.444 e. The molecule has 29 heavy (non-hydrogen) atoms. The van der Waals surface area contributed by atoms with E-state index in [4.69, 9.17) is 4.74 Å². The van der Waals surface area contributed by atoms with E-state index in [2.05, 4.69) is 5.10 Å². The molecule has 154 valence electrons. The number of aryl methyl sites for hydroxylation is 1. The summed E-state index contributed by atoms with van der Waals surface area (Å²) in [4.78, 5) is 29.5. The molecule has 0 saturated carbocycles. The first-order chi connectivity index (χ1) is 13.7. The normalized spacial score (nSPS) is 21.4. The molecule has 3 heterocycles. The van der Waals surface area contributed by atoms with Gasteiger partial charge in [0.05, 0.1) is 17.3 Å². The number of rotatable bonds is 2. The van der Waals surface area contributed by atoms with Crippen LogP contribution in [0.2, 0.25) is 0 Å². The molecular formula is C22H28N4O3. The van der Waals surface area contributed by atoms with Crippen molar-refractivity contribution in [3.8, 4) is 5.69 Å². The highest BCUT2D eigenvalue weighted by Gasteiger charge is 2.47. The van der Waals surface area contributed by atoms with Gasteiger partial charge in [-0.15, -0.1) is 0 Å². The number of fused-ring (bicyclic) bond motifs is 1. The second-order valence-corrected chi connectivity index (χ2v) is 8.97. The molecule has 0 bridgehead atoms. The van der Waals surface area contributed by atoms with Crippen molar-refractivity contribution in [2.24, 2.45) is 5.92 Å². The van der Waals surface area contributed by atoms with Crippen molar-refractivity contribution in [1.29, 1.82) is 0 Å². The van der Waals surface area contributed by atoms with Gasteiger partial charge < -0.3 is 14.5 Å². The molecule has 0 radical (unpaired) electrons. The summed E-state index contributed by atoms with van der Waals surface area (Å²) >= 11 is 0. The Kier molecular flexibility index (Phi) is 4.84. The molecule has 7 nitrogen and oxygen atoms in total. The minimum atomic E-state index is -0.525. The van der Waals surface area contributed by atoms with Gasteiger partial charge in [-0.2, -0.15) is 5.10 Å². The van der Waals surface area contributed by atoms with Gasteiger partial charge in [0.2, 0.25) is 0 Å². The monoisotopic (exact) mass is 396 g/mol. The van der Waals surface area contributed by atoms with E-state index >= 15 is 0 Å². The van der Waals surface area contributed by atoms with Crippen molar-refractivity contribution in [3.63, 3.8) is 0 Å². The van der Waals surface area contributed by atoms with E-state index < -0.39 is 5.60 Å². The van der Waals surface area contributed by atoms with Crippen LogP contribution in [0.1, 0.15) is 43.1 Å². The minimum absolute atomic E-state index is 0.00788. The molecule has 1 aromatic carbocycles. The summed E-state index contributed by atoms with van der Waals surface area (Å²) in [6.07, 6.45) is 4.13. The maximum absolute atomic E-state index is 13.4. The number of piperidine rings is 1. The second-order valence-electron chi connectivity index (χ2n) is 8.97. The first kappa shape index (κ1) is 19.5. The highest BCUT2D eigenvalue weighted by molar-refractivity contribution is 5.98. The average Bonchev–Trinajstić information content (AvgIpc) is 3.15. The molecule has 0 N–H and O–H groups in total. The van der Waals surface area contributed by atoms with E-state index in [-0.39, 0.29) is 18.0 Å². The lowest BCUT2D eigenvalue weighted by Gasteiger charge is -2.53. The predicted molar refractivity (Wildman–Crippen MR) is 109 cm³/mol. The maximum atomic E-state index is 13.4. The Balaban J connectivity index is 1.53. The molecule has 2 aromatic rings. The molecule has 4 rings (SSSR count). The molecule has 0 spiro atoms. The summed E-state index contributed by atoms with van der Waals surface area (Å²) < 4.78 is 7.24. The van der Waals surface area contributed by atoms with Crippen LogP contribution in [0.3, 0.4) is 0 Å². The van der Waals surface area contributed by atoms with Crippen LogP contribution in [0.15, 0.2) is 36.7 Å². The Bertz CT molecular complexity index is 917. The van der Waals surface area contributed by atoms with Crippen molar-refractivity contribution in [1.82, 2.24) is 19.6 Å². The first-order valence-corrected chi connectivity index (χ1v) is 10.1. The van der Waals surface area contributed by atoms with Gasteiger partial charge in [0.1, 0.15) is 5.60 Å². The summed E-state index contributed by atoms with van der Waals surface area (Å²) in [6, 6.07) is 7.71. The number of hydrogen-bond donors (Lipinski definition) is 0. The van der Waals surface area contributed by atoms with Gasteiger partial charge in [-0.25, -0.2) is 9.48 Å². The highest BCUT2D eigenvalue weighted by Crippen LogP contribution is 2.35. The average molecular weight is 396 g/mol. The Morgan fingerprint density at radius 3 is 2.69 bits per heavy atom. The van der Waals surface area contributed by atoms with Gasteiger partial charge in [-0.05, 0) is 52.3 Å². The molecule has 2 aliphatic rings. The van der Waals surface area contributed by atoms with Crippen LogP contribution in [0.4, 0.5) is 4.79 Å². The fraction of sp³-hybridized carbons (Fsp3) is 0.500. The number of carbonyl (C=O) groups excluding carboxylic acids is 2. The SMILES string of the molecule is Cc1ccc(-n2cccn2)c(C(=O)N2CC3CCN(C(=O)OC(C)(C)C)CC32)c1. The lowest BCUT2D eigenvalue weighted by atomic mass is 9.81. The van der Waals surface area contributed by atoms with E-state index in [1.165, 1.54) is 0 Å². The van der Waals surface area contributed by atoms with Crippen LogP contribution in [0.5, 0.6) is 0 Å². The number of aromatic nitrogens is 2. The molecule has 0 aliphatic carbocycles. The van der Waals surface area contributed by atoms with Gasteiger partial charge in [0, 0.05) is 37.9 Å². The van der Waals surface area contributed by atoms with Crippen LogP contribution in [-0.4, -0.2) is 62.9 Å². The minimum Gasteiger partial charge on any atom is -0.444 e. The first-order valence-electron chi connectivity index (χ1n) is 10.1. The Morgan fingerprint density at radius 2 is 2.00 bits per heavy atom. The number of carbonyl (C=O) groups is 2. The van der Waals surface area contributed by atoms with Crippen LogP contribution < -0.4 is 0 Å².